The van der Waals surface area contributed by atoms with E-state index >= 15 is 0 Å². The Labute approximate surface area is 142 Å². The number of fused-ring (bicyclic) bond motifs is 1. The second-order valence-electron chi connectivity index (χ2n) is 5.20. The molecule has 0 saturated carbocycles. The average molecular weight is 348 g/mol. The lowest BCUT2D eigenvalue weighted by molar-refractivity contribution is -0.120. The van der Waals surface area contributed by atoms with Gasteiger partial charge in [-0.1, -0.05) is 5.16 Å². The first-order chi connectivity index (χ1) is 12.0. The number of amides is 1. The summed E-state index contributed by atoms with van der Waals surface area (Å²) in [6.45, 7) is 1.52. The lowest BCUT2D eigenvalue weighted by atomic mass is 10.1. The Morgan fingerprint density at radius 2 is 1.96 bits per heavy atom. The van der Waals surface area contributed by atoms with Crippen molar-refractivity contribution in [3.8, 4) is 11.5 Å². The van der Waals surface area contributed by atoms with E-state index in [1.807, 2.05) is 0 Å². The minimum Gasteiger partial charge on any atom is -0.454 e. The van der Waals surface area contributed by atoms with Gasteiger partial charge in [0.2, 0.25) is 6.79 Å². The Morgan fingerprint density at radius 3 is 2.76 bits per heavy atom. The van der Waals surface area contributed by atoms with Crippen LogP contribution in [0.25, 0.3) is 0 Å². The predicted molar refractivity (Wildman–Crippen MR) is 85.7 cm³/mol. The fraction of sp³-hybridized carbons (Fsp3) is 0.176. The number of nitrogens with one attached hydrogen (secondary N) is 1. The van der Waals surface area contributed by atoms with Gasteiger partial charge in [-0.05, 0) is 37.3 Å². The lowest BCUT2D eigenvalue weighted by Crippen LogP contribution is -2.17. The number of hydrogen-bond acceptors (Lipinski definition) is 5. The van der Waals surface area contributed by atoms with E-state index in [2.05, 4.69) is 10.5 Å². The molecule has 1 heterocycles. The monoisotopic (exact) mass is 348 g/mol. The highest BCUT2D eigenvalue weighted by molar-refractivity contribution is 5.99. The molecular formula is C17H14F2N2O4. The molecule has 25 heavy (non-hydrogen) atoms. The topological polar surface area (TPSA) is 69.2 Å². The first-order valence-corrected chi connectivity index (χ1v) is 7.34. The molecule has 0 fully saturated rings. The van der Waals surface area contributed by atoms with Gasteiger partial charge in [0, 0.05) is 17.3 Å². The summed E-state index contributed by atoms with van der Waals surface area (Å²) < 4.78 is 36.4. The summed E-state index contributed by atoms with van der Waals surface area (Å²) in [5, 5.41) is 6.24. The van der Waals surface area contributed by atoms with Crippen LogP contribution in [0.3, 0.4) is 0 Å². The van der Waals surface area contributed by atoms with Crippen LogP contribution in [0, 0.1) is 11.6 Å². The highest BCUT2D eigenvalue weighted by Gasteiger charge is 2.14. The molecule has 1 N–H and O–H groups in total. The third-order valence-corrected chi connectivity index (χ3v) is 3.39. The van der Waals surface area contributed by atoms with Gasteiger partial charge < -0.3 is 19.6 Å². The summed E-state index contributed by atoms with van der Waals surface area (Å²) in [7, 11) is 0. The van der Waals surface area contributed by atoms with E-state index < -0.39 is 17.5 Å². The lowest BCUT2D eigenvalue weighted by Gasteiger charge is -2.06. The number of benzene rings is 2. The van der Waals surface area contributed by atoms with Crippen LogP contribution >= 0.6 is 0 Å². The van der Waals surface area contributed by atoms with Crippen LogP contribution in [0.15, 0.2) is 41.6 Å². The van der Waals surface area contributed by atoms with Crippen LogP contribution < -0.4 is 14.8 Å². The van der Waals surface area contributed by atoms with Crippen molar-refractivity contribution in [2.75, 3.05) is 18.7 Å². The molecule has 0 atom stereocenters. The van der Waals surface area contributed by atoms with Crippen molar-refractivity contribution in [1.82, 2.24) is 0 Å². The number of hydrogen-bond donors (Lipinski definition) is 1. The molecule has 1 amide bonds. The molecule has 2 aromatic rings. The second-order valence-corrected chi connectivity index (χ2v) is 5.20. The van der Waals surface area contributed by atoms with E-state index in [0.29, 0.717) is 17.2 Å². The molecule has 6 nitrogen and oxygen atoms in total. The summed E-state index contributed by atoms with van der Waals surface area (Å²) in [6.07, 6.45) is 0. The molecule has 2 aromatic carbocycles. The van der Waals surface area contributed by atoms with E-state index in [1.165, 1.54) is 6.07 Å². The summed E-state index contributed by atoms with van der Waals surface area (Å²) in [5.41, 5.74) is 1.42. The van der Waals surface area contributed by atoms with Crippen molar-refractivity contribution >= 4 is 17.3 Å². The van der Waals surface area contributed by atoms with Crippen LogP contribution in [0.5, 0.6) is 11.5 Å². The van der Waals surface area contributed by atoms with E-state index in [0.717, 1.165) is 17.7 Å². The molecule has 8 heteroatoms. The molecule has 3 rings (SSSR count). The number of anilines is 1. The fourth-order valence-corrected chi connectivity index (χ4v) is 2.13. The standard InChI is InChI=1S/C17H14F2N2O4/c1-10(11-2-5-15-16(6-11)24-9-23-15)21-25-8-17(22)20-12-3-4-13(18)14(19)7-12/h2-7H,8-9H2,1H3,(H,20,22)/b21-10+. The number of carbonyl (C=O) groups is 1. The number of rotatable bonds is 5. The number of oxime groups is 1. The minimum absolute atomic E-state index is 0.129. The van der Waals surface area contributed by atoms with Gasteiger partial charge in [0.15, 0.2) is 29.7 Å². The van der Waals surface area contributed by atoms with Gasteiger partial charge in [0.05, 0.1) is 5.71 Å². The molecule has 0 bridgehead atoms. The largest absolute Gasteiger partial charge is 0.454 e. The van der Waals surface area contributed by atoms with Crippen molar-refractivity contribution < 1.29 is 27.9 Å². The van der Waals surface area contributed by atoms with Crippen molar-refractivity contribution in [1.29, 1.82) is 0 Å². The van der Waals surface area contributed by atoms with Crippen LogP contribution in [-0.2, 0) is 9.63 Å². The summed E-state index contributed by atoms with van der Waals surface area (Å²) in [6, 6.07) is 8.36. The van der Waals surface area contributed by atoms with E-state index in [1.54, 1.807) is 25.1 Å². The summed E-state index contributed by atoms with van der Waals surface area (Å²) >= 11 is 0. The Balaban J connectivity index is 1.54. The molecule has 0 aliphatic carbocycles. The number of carbonyl (C=O) groups excluding carboxylic acids is 1. The third kappa shape index (κ3) is 4.03. The van der Waals surface area contributed by atoms with Gasteiger partial charge in [-0.2, -0.15) is 0 Å². The van der Waals surface area contributed by atoms with Gasteiger partial charge in [-0.15, -0.1) is 0 Å². The maximum absolute atomic E-state index is 13.1. The molecule has 0 radical (unpaired) electrons. The van der Waals surface area contributed by atoms with E-state index in [9.17, 15) is 13.6 Å². The maximum atomic E-state index is 13.1. The third-order valence-electron chi connectivity index (χ3n) is 3.39. The van der Waals surface area contributed by atoms with Crippen molar-refractivity contribution in [3.63, 3.8) is 0 Å². The zero-order chi connectivity index (χ0) is 17.8. The zero-order valence-corrected chi connectivity index (χ0v) is 13.2. The minimum atomic E-state index is -1.05. The molecule has 1 aliphatic heterocycles. The normalized spacial score (nSPS) is 12.8. The molecule has 0 spiro atoms. The quantitative estimate of drug-likeness (QED) is 0.666. The number of ether oxygens (including phenoxy) is 2. The van der Waals surface area contributed by atoms with Gasteiger partial charge in [0.1, 0.15) is 0 Å². The highest BCUT2D eigenvalue weighted by Crippen LogP contribution is 2.32. The molecular weight excluding hydrogens is 334 g/mol. The van der Waals surface area contributed by atoms with Crippen molar-refractivity contribution in [3.05, 3.63) is 53.6 Å². The average Bonchev–Trinajstić information content (AvgIpc) is 3.05. The number of halogens is 2. The smallest absolute Gasteiger partial charge is 0.265 e. The second kappa shape index (κ2) is 7.16. The van der Waals surface area contributed by atoms with Crippen LogP contribution in [0.2, 0.25) is 0 Å². The fourth-order valence-electron chi connectivity index (χ4n) is 2.13. The Kier molecular flexibility index (Phi) is 4.78. The first kappa shape index (κ1) is 16.7. The first-order valence-electron chi connectivity index (χ1n) is 7.34. The van der Waals surface area contributed by atoms with Gasteiger partial charge in [-0.25, -0.2) is 8.78 Å². The Hall–Kier alpha value is -3.16. The van der Waals surface area contributed by atoms with Crippen LogP contribution in [-0.4, -0.2) is 25.0 Å². The molecule has 130 valence electrons. The van der Waals surface area contributed by atoms with Gasteiger partial charge in [-0.3, -0.25) is 4.79 Å². The summed E-state index contributed by atoms with van der Waals surface area (Å²) in [4.78, 5) is 16.7. The highest BCUT2D eigenvalue weighted by atomic mass is 19.2. The van der Waals surface area contributed by atoms with Crippen LogP contribution in [0.1, 0.15) is 12.5 Å². The summed E-state index contributed by atoms with van der Waals surface area (Å²) in [5.74, 6) is -1.31. The van der Waals surface area contributed by atoms with Gasteiger partial charge >= 0.3 is 0 Å². The molecule has 0 aromatic heterocycles. The Morgan fingerprint density at radius 1 is 1.16 bits per heavy atom. The molecule has 1 aliphatic rings. The van der Waals surface area contributed by atoms with Crippen LogP contribution in [0.4, 0.5) is 14.5 Å². The SMILES string of the molecule is C/C(=N\OCC(=O)Nc1ccc(F)c(F)c1)c1ccc2c(c1)OCO2. The van der Waals surface area contributed by atoms with Crippen molar-refractivity contribution in [2.24, 2.45) is 5.16 Å². The van der Waals surface area contributed by atoms with E-state index in [4.69, 9.17) is 14.3 Å². The van der Waals surface area contributed by atoms with E-state index in [-0.39, 0.29) is 19.1 Å². The van der Waals surface area contributed by atoms with Crippen molar-refractivity contribution in [2.45, 2.75) is 6.92 Å². The Bertz CT molecular complexity index is 839. The zero-order valence-electron chi connectivity index (χ0n) is 13.2. The van der Waals surface area contributed by atoms with Gasteiger partial charge in [0.25, 0.3) is 5.91 Å². The molecule has 0 unspecified atom stereocenters. The molecule has 0 saturated heterocycles. The number of nitrogens with zero attached hydrogens (tertiary/aromatic N) is 1. The predicted octanol–water partition coefficient (Wildman–Crippen LogP) is 3.07. The maximum Gasteiger partial charge on any atom is 0.265 e.